The van der Waals surface area contributed by atoms with E-state index in [4.69, 9.17) is 14.2 Å². The third-order valence-electron chi connectivity index (χ3n) is 5.55. The molecule has 0 aliphatic carbocycles. The first-order chi connectivity index (χ1) is 14.5. The Hall–Kier alpha value is -2.99. The minimum Gasteiger partial charge on any atom is -0.490 e. The quantitative estimate of drug-likeness (QED) is 0.558. The van der Waals surface area contributed by atoms with Gasteiger partial charge in [0.15, 0.2) is 6.10 Å². The maximum absolute atomic E-state index is 11.3. The molecule has 0 bridgehead atoms. The molecule has 5 rings (SSSR count). The predicted octanol–water partition coefficient (Wildman–Crippen LogP) is 5.57. The van der Waals surface area contributed by atoms with E-state index in [0.29, 0.717) is 13.2 Å². The zero-order valence-corrected chi connectivity index (χ0v) is 18.0. The number of esters is 1. The third kappa shape index (κ3) is 3.31. The highest BCUT2D eigenvalue weighted by Crippen LogP contribution is 2.45. The fourth-order valence-electron chi connectivity index (χ4n) is 4.25. The van der Waals surface area contributed by atoms with Gasteiger partial charge < -0.3 is 19.5 Å². The molecule has 3 aromatic rings. The summed E-state index contributed by atoms with van der Waals surface area (Å²) in [7, 11) is 0. The van der Waals surface area contributed by atoms with Gasteiger partial charge in [-0.2, -0.15) is 0 Å². The zero-order chi connectivity index (χ0) is 20.8. The highest BCUT2D eigenvalue weighted by Gasteiger charge is 2.30. The Labute approximate surface area is 179 Å². The molecule has 3 heterocycles. The summed E-state index contributed by atoms with van der Waals surface area (Å²) in [5, 5.41) is 3.57. The van der Waals surface area contributed by atoms with E-state index >= 15 is 0 Å². The second-order valence-electron chi connectivity index (χ2n) is 7.72. The molecule has 0 spiro atoms. The van der Waals surface area contributed by atoms with Crippen LogP contribution in [0.15, 0.2) is 42.5 Å². The predicted molar refractivity (Wildman–Crippen MR) is 118 cm³/mol. The minimum atomic E-state index is -0.332. The second-order valence-corrected chi connectivity index (χ2v) is 9.18. The average Bonchev–Trinajstić information content (AvgIpc) is 3.39. The van der Waals surface area contributed by atoms with E-state index < -0.39 is 0 Å². The Balaban J connectivity index is 1.40. The van der Waals surface area contributed by atoms with Gasteiger partial charge in [0.1, 0.15) is 24.7 Å². The minimum absolute atomic E-state index is 0.0590. The lowest BCUT2D eigenvalue weighted by atomic mass is 9.99. The molecule has 0 saturated carbocycles. The number of carbonyl (C=O) groups excluding carboxylic acids is 1. The van der Waals surface area contributed by atoms with Crippen LogP contribution in [0.5, 0.6) is 11.5 Å². The van der Waals surface area contributed by atoms with Gasteiger partial charge in [-0.1, -0.05) is 18.2 Å². The molecule has 0 radical (unpaired) electrons. The van der Waals surface area contributed by atoms with E-state index in [2.05, 4.69) is 43.4 Å². The van der Waals surface area contributed by atoms with Crippen molar-refractivity contribution in [2.75, 3.05) is 18.5 Å². The number of benzene rings is 2. The van der Waals surface area contributed by atoms with Crippen LogP contribution in [0.25, 0.3) is 11.1 Å². The lowest BCUT2D eigenvalue weighted by Gasteiger charge is -2.15. The van der Waals surface area contributed by atoms with E-state index in [-0.39, 0.29) is 18.1 Å². The molecule has 2 aromatic carbocycles. The van der Waals surface area contributed by atoms with Crippen LogP contribution in [0.3, 0.4) is 0 Å². The molecular formula is C24H23NO4S. The molecule has 2 aliphatic rings. The van der Waals surface area contributed by atoms with E-state index in [1.54, 1.807) is 0 Å². The molecule has 5 nitrogen and oxygen atoms in total. The van der Waals surface area contributed by atoms with Gasteiger partial charge >= 0.3 is 5.97 Å². The molecule has 0 amide bonds. The monoisotopic (exact) mass is 421 g/mol. The van der Waals surface area contributed by atoms with Crippen LogP contribution in [0, 0.1) is 13.8 Å². The first-order valence-electron chi connectivity index (χ1n) is 10.0. The van der Waals surface area contributed by atoms with Crippen LogP contribution < -0.4 is 14.8 Å². The summed E-state index contributed by atoms with van der Waals surface area (Å²) >= 11 is 1.81. The lowest BCUT2D eigenvalue weighted by Crippen LogP contribution is -2.12. The molecule has 2 aliphatic heterocycles. The Bertz CT molecular complexity index is 1140. The van der Waals surface area contributed by atoms with Gasteiger partial charge in [-0.3, -0.25) is 4.79 Å². The van der Waals surface area contributed by atoms with Crippen molar-refractivity contribution in [2.45, 2.75) is 32.9 Å². The number of rotatable bonds is 4. The Kier molecular flexibility index (Phi) is 4.66. The number of thiophene rings is 1. The van der Waals surface area contributed by atoms with Gasteiger partial charge in [0.2, 0.25) is 0 Å². The Morgan fingerprint density at radius 2 is 1.93 bits per heavy atom. The first kappa shape index (κ1) is 19.0. The van der Waals surface area contributed by atoms with E-state index in [1.807, 2.05) is 29.5 Å². The topological polar surface area (TPSA) is 56.8 Å². The van der Waals surface area contributed by atoms with Crippen molar-refractivity contribution in [3.05, 3.63) is 63.3 Å². The number of aryl methyl sites for hydroxylation is 2. The van der Waals surface area contributed by atoms with Gasteiger partial charge in [-0.15, -0.1) is 11.3 Å². The summed E-state index contributed by atoms with van der Waals surface area (Å²) < 4.78 is 17.2. The SMILES string of the molecule is CC(=O)O[C@@H]1COc2cc(N[C@@H]3COc4c(-c5cc(C)sc5C)cccc43)ccc21. The summed E-state index contributed by atoms with van der Waals surface area (Å²) in [5.74, 6) is 1.41. The van der Waals surface area contributed by atoms with Crippen LogP contribution in [0.2, 0.25) is 0 Å². The molecule has 1 N–H and O–H groups in total. The van der Waals surface area contributed by atoms with Gasteiger partial charge in [0.25, 0.3) is 0 Å². The van der Waals surface area contributed by atoms with Gasteiger partial charge in [0, 0.05) is 45.1 Å². The second kappa shape index (κ2) is 7.36. The largest absolute Gasteiger partial charge is 0.490 e. The fraction of sp³-hybridized carbons (Fsp3) is 0.292. The highest BCUT2D eigenvalue weighted by molar-refractivity contribution is 7.12. The molecule has 0 saturated heterocycles. The van der Waals surface area contributed by atoms with Crippen LogP contribution in [0.4, 0.5) is 5.69 Å². The van der Waals surface area contributed by atoms with Crippen molar-refractivity contribution in [3.8, 4) is 22.6 Å². The molecule has 0 unspecified atom stereocenters. The zero-order valence-electron chi connectivity index (χ0n) is 17.2. The summed E-state index contributed by atoms with van der Waals surface area (Å²) in [6.07, 6.45) is -0.332. The summed E-state index contributed by atoms with van der Waals surface area (Å²) in [6.45, 7) is 6.64. The standard InChI is InChI=1S/C24H23NO4S/c1-13-9-20(14(2)30-13)17-5-4-6-18-21(11-28-24(17)18)25-16-7-8-19-22(10-16)27-12-23(19)29-15(3)26/h4-10,21,23,25H,11-12H2,1-3H3/t21-,23-/m1/s1. The number of para-hydroxylation sites is 1. The van der Waals surface area contributed by atoms with Crippen molar-refractivity contribution in [3.63, 3.8) is 0 Å². The van der Waals surface area contributed by atoms with Crippen LogP contribution in [-0.4, -0.2) is 19.2 Å². The smallest absolute Gasteiger partial charge is 0.303 e. The summed E-state index contributed by atoms with van der Waals surface area (Å²) in [4.78, 5) is 13.9. The van der Waals surface area contributed by atoms with Gasteiger partial charge in [-0.25, -0.2) is 0 Å². The lowest BCUT2D eigenvalue weighted by molar-refractivity contribution is -0.147. The van der Waals surface area contributed by atoms with Crippen molar-refractivity contribution in [1.82, 2.24) is 0 Å². The number of anilines is 1. The Morgan fingerprint density at radius 3 is 2.70 bits per heavy atom. The fourth-order valence-corrected chi connectivity index (χ4v) is 5.18. The summed E-state index contributed by atoms with van der Waals surface area (Å²) in [5.41, 5.74) is 5.42. The van der Waals surface area contributed by atoms with Gasteiger partial charge in [0.05, 0.1) is 6.04 Å². The molecule has 2 atom stereocenters. The first-order valence-corrected chi connectivity index (χ1v) is 10.8. The van der Waals surface area contributed by atoms with Gasteiger partial charge in [-0.05, 0) is 37.6 Å². The highest BCUT2D eigenvalue weighted by atomic mass is 32.1. The molecule has 154 valence electrons. The van der Waals surface area contributed by atoms with Crippen LogP contribution >= 0.6 is 11.3 Å². The van der Waals surface area contributed by atoms with E-state index in [9.17, 15) is 4.79 Å². The number of fused-ring (bicyclic) bond motifs is 2. The number of hydrogen-bond acceptors (Lipinski definition) is 6. The maximum atomic E-state index is 11.3. The van der Waals surface area contributed by atoms with Crippen molar-refractivity contribution in [2.24, 2.45) is 0 Å². The summed E-state index contributed by atoms with van der Waals surface area (Å²) in [6, 6.07) is 14.6. The third-order valence-corrected chi connectivity index (χ3v) is 6.51. The average molecular weight is 422 g/mol. The van der Waals surface area contributed by atoms with Crippen LogP contribution in [-0.2, 0) is 9.53 Å². The number of hydrogen-bond donors (Lipinski definition) is 1. The molecule has 0 fully saturated rings. The van der Waals surface area contributed by atoms with E-state index in [0.717, 1.165) is 33.9 Å². The Morgan fingerprint density at radius 1 is 1.07 bits per heavy atom. The number of nitrogens with one attached hydrogen (secondary N) is 1. The maximum Gasteiger partial charge on any atom is 0.303 e. The molecule has 1 aromatic heterocycles. The molecule has 30 heavy (non-hydrogen) atoms. The number of carbonyl (C=O) groups is 1. The number of ether oxygens (including phenoxy) is 3. The van der Waals surface area contributed by atoms with E-state index in [1.165, 1.54) is 22.2 Å². The normalized spacial score (nSPS) is 18.9. The molecular weight excluding hydrogens is 398 g/mol. The van der Waals surface area contributed by atoms with Crippen molar-refractivity contribution < 1.29 is 19.0 Å². The van der Waals surface area contributed by atoms with Crippen LogP contribution in [0.1, 0.15) is 40.0 Å². The molecule has 6 heteroatoms. The van der Waals surface area contributed by atoms with Crippen molar-refractivity contribution in [1.29, 1.82) is 0 Å². The van der Waals surface area contributed by atoms with Crippen molar-refractivity contribution >= 4 is 23.0 Å².